The summed E-state index contributed by atoms with van der Waals surface area (Å²) in [7, 11) is 1.76. The first kappa shape index (κ1) is 23.9. The van der Waals surface area contributed by atoms with Gasteiger partial charge in [-0.1, -0.05) is 19.1 Å². The van der Waals surface area contributed by atoms with Crippen molar-refractivity contribution in [2.45, 2.75) is 58.0 Å². The quantitative estimate of drug-likeness (QED) is 0.551. The van der Waals surface area contributed by atoms with Gasteiger partial charge >= 0.3 is 0 Å². The third-order valence-electron chi connectivity index (χ3n) is 7.45. The van der Waals surface area contributed by atoms with Crippen molar-refractivity contribution in [3.05, 3.63) is 27.6 Å². The maximum Gasteiger partial charge on any atom is 0.270 e. The Morgan fingerprint density at radius 2 is 1.86 bits per heavy atom. The van der Waals surface area contributed by atoms with Crippen molar-refractivity contribution < 1.29 is 19.4 Å². The Bertz CT molecular complexity index is 1180. The third kappa shape index (κ3) is 4.81. The fraction of sp³-hybridized carbons (Fsp3) is 0.640. The molecular formula is C25H35N5O5. The number of fused-ring (bicyclic) bond motifs is 1. The van der Waals surface area contributed by atoms with Crippen LogP contribution in [-0.2, 0) is 16.0 Å². The lowest BCUT2D eigenvalue weighted by molar-refractivity contribution is 0.0154. The van der Waals surface area contributed by atoms with E-state index in [1.807, 2.05) is 6.08 Å². The molecule has 3 fully saturated rings. The van der Waals surface area contributed by atoms with Crippen LogP contribution < -0.4 is 16.2 Å². The van der Waals surface area contributed by atoms with E-state index in [0.29, 0.717) is 37.1 Å². The van der Waals surface area contributed by atoms with E-state index in [0.717, 1.165) is 57.3 Å². The Hall–Kier alpha value is -2.85. The van der Waals surface area contributed by atoms with Crippen molar-refractivity contribution in [1.29, 1.82) is 0 Å². The topological polar surface area (TPSA) is 119 Å². The number of ether oxygens (including phenoxy) is 2. The Morgan fingerprint density at radius 1 is 1.17 bits per heavy atom. The predicted molar refractivity (Wildman–Crippen MR) is 132 cm³/mol. The molecule has 0 atom stereocenters. The highest BCUT2D eigenvalue weighted by atomic mass is 16.5. The fourth-order valence-corrected chi connectivity index (χ4v) is 4.97. The fourth-order valence-electron chi connectivity index (χ4n) is 4.97. The highest BCUT2D eigenvalue weighted by Gasteiger charge is 2.34. The Morgan fingerprint density at radius 3 is 2.51 bits per heavy atom. The molecule has 1 amide bonds. The number of amides is 1. The summed E-state index contributed by atoms with van der Waals surface area (Å²) in [6.45, 7) is 5.26. The number of carbonyl (C=O) groups is 1. The molecule has 5 rings (SSSR count). The highest BCUT2D eigenvalue weighted by Crippen LogP contribution is 2.34. The first-order valence-corrected chi connectivity index (χ1v) is 12.6. The number of hydrogen-bond donors (Lipinski definition) is 3. The third-order valence-corrected chi connectivity index (χ3v) is 7.45. The lowest BCUT2D eigenvalue weighted by Gasteiger charge is -2.34. The van der Waals surface area contributed by atoms with Crippen molar-refractivity contribution in [2.24, 2.45) is 11.3 Å². The maximum atomic E-state index is 13.8. The van der Waals surface area contributed by atoms with Crippen LogP contribution in [0, 0.1) is 11.3 Å². The van der Waals surface area contributed by atoms with Gasteiger partial charge < -0.3 is 25.2 Å². The van der Waals surface area contributed by atoms with Gasteiger partial charge in [0.2, 0.25) is 5.88 Å². The first-order chi connectivity index (χ1) is 16.9. The predicted octanol–water partition coefficient (Wildman–Crippen LogP) is 2.39. The van der Waals surface area contributed by atoms with Crippen molar-refractivity contribution in [3.8, 4) is 5.88 Å². The number of anilines is 1. The molecule has 0 bridgehead atoms. The molecule has 1 aliphatic carbocycles. The molecule has 3 aliphatic rings. The van der Waals surface area contributed by atoms with Crippen LogP contribution in [0.4, 0.5) is 5.82 Å². The van der Waals surface area contributed by atoms with Crippen LogP contribution in [0.15, 0.2) is 10.9 Å². The van der Waals surface area contributed by atoms with E-state index in [9.17, 15) is 14.7 Å². The van der Waals surface area contributed by atoms with Crippen molar-refractivity contribution in [3.63, 3.8) is 0 Å². The monoisotopic (exact) mass is 485 g/mol. The summed E-state index contributed by atoms with van der Waals surface area (Å²) in [5.74, 6) is -0.0789. The summed E-state index contributed by atoms with van der Waals surface area (Å²) in [6.07, 6.45) is 9.36. The molecule has 2 saturated heterocycles. The second-order valence-corrected chi connectivity index (χ2v) is 10.3. The molecule has 35 heavy (non-hydrogen) atoms. The molecular weight excluding hydrogens is 450 g/mol. The number of rotatable bonds is 7. The first-order valence-electron chi connectivity index (χ1n) is 12.6. The summed E-state index contributed by atoms with van der Waals surface area (Å²) < 4.78 is 14.0. The van der Waals surface area contributed by atoms with Gasteiger partial charge in [-0.3, -0.25) is 14.2 Å². The number of aromatic nitrogens is 3. The van der Waals surface area contributed by atoms with Crippen LogP contribution in [-0.4, -0.2) is 64.7 Å². The van der Waals surface area contributed by atoms with Gasteiger partial charge in [-0.15, -0.1) is 5.10 Å². The largest absolute Gasteiger partial charge is 0.492 e. The number of allylic oxidation sites excluding steroid dienone is 1. The van der Waals surface area contributed by atoms with E-state index in [1.165, 1.54) is 4.52 Å². The normalized spacial score (nSPS) is 21.0. The molecule has 2 aromatic rings. The Labute approximate surface area is 204 Å². The maximum absolute atomic E-state index is 13.8. The molecule has 4 heterocycles. The zero-order valence-electron chi connectivity index (χ0n) is 20.5. The van der Waals surface area contributed by atoms with Gasteiger partial charge in [0.05, 0.1) is 5.56 Å². The minimum atomic E-state index is -0.552. The summed E-state index contributed by atoms with van der Waals surface area (Å²) >= 11 is 0. The van der Waals surface area contributed by atoms with Crippen LogP contribution in [0.2, 0.25) is 0 Å². The molecule has 3 N–H and O–H groups in total. The van der Waals surface area contributed by atoms with E-state index < -0.39 is 17.3 Å². The van der Waals surface area contributed by atoms with Gasteiger partial charge in [0.25, 0.3) is 11.5 Å². The molecule has 2 aliphatic heterocycles. The van der Waals surface area contributed by atoms with E-state index in [1.54, 1.807) is 11.6 Å². The van der Waals surface area contributed by atoms with E-state index >= 15 is 0 Å². The number of carbonyl (C=O) groups excluding carboxylic acids is 1. The lowest BCUT2D eigenvalue weighted by atomic mass is 9.82. The second kappa shape index (κ2) is 9.66. The summed E-state index contributed by atoms with van der Waals surface area (Å²) in [5, 5.41) is 21.6. The number of aromatic hydroxyl groups is 1. The molecule has 190 valence electrons. The Balaban J connectivity index is 1.67. The molecule has 0 radical (unpaired) electrons. The van der Waals surface area contributed by atoms with E-state index in [4.69, 9.17) is 9.47 Å². The van der Waals surface area contributed by atoms with Gasteiger partial charge in [0.15, 0.2) is 17.0 Å². The molecule has 2 aromatic heterocycles. The summed E-state index contributed by atoms with van der Waals surface area (Å²) in [5.41, 5.74) is 0.261. The summed E-state index contributed by atoms with van der Waals surface area (Å²) in [4.78, 5) is 26.8. The number of nitrogens with zero attached hydrogens (tertiary/aromatic N) is 3. The molecule has 0 unspecified atom stereocenters. The number of nitrogens with one attached hydrogen (secondary N) is 2. The molecule has 1 saturated carbocycles. The van der Waals surface area contributed by atoms with Crippen molar-refractivity contribution in [1.82, 2.24) is 19.5 Å². The number of hydrogen-bond acceptors (Lipinski definition) is 7. The van der Waals surface area contributed by atoms with Gasteiger partial charge in [0.1, 0.15) is 0 Å². The standard InChI is InChI=1S/C25H35N5O5/c1-25(9-13-35-14-10-25)15-29-22-18(6-3-16-7-11-34-12-8-16)20(26-2)28-30(22)24(33)19(23(29)32)21(31)27-17-4-5-17/h3,6,16-17,33H,4-5,7-15H2,1-2H3,(H,26,28)(H,27,31)/b6-3+. The Kier molecular flexibility index (Phi) is 6.59. The summed E-state index contributed by atoms with van der Waals surface area (Å²) in [6, 6.07) is 0.0573. The average Bonchev–Trinajstić information content (AvgIpc) is 3.58. The van der Waals surface area contributed by atoms with Crippen LogP contribution in [0.5, 0.6) is 5.88 Å². The van der Waals surface area contributed by atoms with Crippen LogP contribution in [0.25, 0.3) is 11.7 Å². The molecule has 10 nitrogen and oxygen atoms in total. The van der Waals surface area contributed by atoms with Crippen molar-refractivity contribution in [2.75, 3.05) is 38.8 Å². The van der Waals surface area contributed by atoms with Gasteiger partial charge in [-0.05, 0) is 49.9 Å². The minimum Gasteiger partial charge on any atom is -0.492 e. The molecule has 0 aromatic carbocycles. The SMILES string of the molecule is CNc1nn2c(O)c(C(=O)NC3CC3)c(=O)n(CC3(C)CCOCC3)c2c1/C=C/C1CCOCC1. The van der Waals surface area contributed by atoms with E-state index in [-0.39, 0.29) is 17.0 Å². The highest BCUT2D eigenvalue weighted by molar-refractivity contribution is 5.97. The average molecular weight is 486 g/mol. The van der Waals surface area contributed by atoms with Crippen LogP contribution in [0.3, 0.4) is 0 Å². The minimum absolute atomic E-state index is 0.0573. The van der Waals surface area contributed by atoms with Crippen LogP contribution >= 0.6 is 0 Å². The lowest BCUT2D eigenvalue weighted by Crippen LogP contribution is -2.39. The van der Waals surface area contributed by atoms with E-state index in [2.05, 4.69) is 28.7 Å². The second-order valence-electron chi connectivity index (χ2n) is 10.3. The van der Waals surface area contributed by atoms with Crippen LogP contribution in [0.1, 0.15) is 61.4 Å². The smallest absolute Gasteiger partial charge is 0.270 e. The zero-order valence-corrected chi connectivity index (χ0v) is 20.5. The van der Waals surface area contributed by atoms with Gasteiger partial charge in [0, 0.05) is 46.1 Å². The van der Waals surface area contributed by atoms with Crippen molar-refractivity contribution >= 4 is 23.4 Å². The van der Waals surface area contributed by atoms with Gasteiger partial charge in [-0.25, -0.2) is 0 Å². The zero-order chi connectivity index (χ0) is 24.6. The molecule has 0 spiro atoms. The van der Waals surface area contributed by atoms with Gasteiger partial charge in [-0.2, -0.15) is 4.52 Å². The molecule has 10 heteroatoms.